The molecule has 2 aliphatic heterocycles. The van der Waals surface area contributed by atoms with Crippen LogP contribution in [0, 0.1) is 0 Å². The van der Waals surface area contributed by atoms with Crippen molar-refractivity contribution in [3.8, 4) is 0 Å². The van der Waals surface area contributed by atoms with E-state index in [2.05, 4.69) is 47.4 Å². The lowest BCUT2D eigenvalue weighted by Gasteiger charge is -2.43. The van der Waals surface area contributed by atoms with Gasteiger partial charge in [-0.2, -0.15) is 0 Å². The fraction of sp³-hybridized carbons (Fsp3) is 0.250. The van der Waals surface area contributed by atoms with E-state index in [1.807, 2.05) is 23.9 Å². The lowest BCUT2D eigenvalue weighted by atomic mass is 9.92. The molecule has 0 bridgehead atoms. The first-order valence-corrected chi connectivity index (χ1v) is 9.15. The van der Waals surface area contributed by atoms with Gasteiger partial charge in [0, 0.05) is 17.7 Å². The fourth-order valence-electron chi connectivity index (χ4n) is 4.23. The van der Waals surface area contributed by atoms with Crippen molar-refractivity contribution in [1.29, 1.82) is 0 Å². The fourth-order valence-corrected chi connectivity index (χ4v) is 5.81. The average Bonchev–Trinajstić information content (AvgIpc) is 3.15. The number of carbonyl (C=O) groups excluding carboxylic acids is 1. The van der Waals surface area contributed by atoms with Gasteiger partial charge in [0.25, 0.3) is 5.91 Å². The third-order valence-corrected chi connectivity index (χ3v) is 6.75. The van der Waals surface area contributed by atoms with E-state index in [1.165, 1.54) is 22.3 Å². The summed E-state index contributed by atoms with van der Waals surface area (Å²) in [5.74, 6) is 1.29. The highest BCUT2D eigenvalue weighted by Crippen LogP contribution is 2.58. The zero-order valence-electron chi connectivity index (χ0n) is 12.8. The van der Waals surface area contributed by atoms with Gasteiger partial charge in [0.1, 0.15) is 4.87 Å². The van der Waals surface area contributed by atoms with Crippen molar-refractivity contribution < 1.29 is 4.79 Å². The van der Waals surface area contributed by atoms with Gasteiger partial charge >= 0.3 is 0 Å². The summed E-state index contributed by atoms with van der Waals surface area (Å²) in [6.07, 6.45) is 4.38. The van der Waals surface area contributed by atoms with Crippen molar-refractivity contribution in [1.82, 2.24) is 4.90 Å². The molecular weight excluding hydrogens is 302 g/mol. The van der Waals surface area contributed by atoms with E-state index >= 15 is 0 Å². The van der Waals surface area contributed by atoms with Crippen LogP contribution in [0.25, 0.3) is 5.57 Å². The van der Waals surface area contributed by atoms with Crippen LogP contribution in [-0.4, -0.2) is 23.1 Å². The van der Waals surface area contributed by atoms with Crippen LogP contribution in [0.4, 0.5) is 0 Å². The predicted octanol–water partition coefficient (Wildman–Crippen LogP) is 4.07. The average molecular weight is 319 g/mol. The number of benzene rings is 2. The maximum Gasteiger partial charge on any atom is 0.255 e. The van der Waals surface area contributed by atoms with Crippen molar-refractivity contribution in [3.05, 3.63) is 76.9 Å². The van der Waals surface area contributed by atoms with Gasteiger partial charge in [-0.25, -0.2) is 0 Å². The largest absolute Gasteiger partial charge is 0.316 e. The summed E-state index contributed by atoms with van der Waals surface area (Å²) in [6.45, 7) is 0.847. The van der Waals surface area contributed by atoms with E-state index < -0.39 is 0 Å². The molecule has 1 fully saturated rings. The number of fused-ring (bicyclic) bond motifs is 4. The van der Waals surface area contributed by atoms with Gasteiger partial charge in [0.15, 0.2) is 0 Å². The van der Waals surface area contributed by atoms with Crippen molar-refractivity contribution in [3.63, 3.8) is 0 Å². The smallest absolute Gasteiger partial charge is 0.255 e. The Hall–Kier alpha value is -2.00. The molecular formula is C20H17NOS. The molecule has 1 amide bonds. The van der Waals surface area contributed by atoms with Crippen molar-refractivity contribution in [2.75, 3.05) is 12.3 Å². The van der Waals surface area contributed by atoms with Crippen molar-refractivity contribution in [2.45, 2.75) is 17.7 Å². The van der Waals surface area contributed by atoms with Gasteiger partial charge < -0.3 is 4.90 Å². The number of rotatable bonds is 1. The van der Waals surface area contributed by atoms with Crippen LogP contribution in [0.15, 0.2) is 54.6 Å². The van der Waals surface area contributed by atoms with E-state index in [9.17, 15) is 4.79 Å². The molecule has 1 unspecified atom stereocenters. The Labute approximate surface area is 140 Å². The van der Waals surface area contributed by atoms with Gasteiger partial charge in [-0.15, -0.1) is 11.8 Å². The Morgan fingerprint density at radius 1 is 1.00 bits per heavy atom. The molecule has 1 aliphatic carbocycles. The quantitative estimate of drug-likeness (QED) is 0.789. The van der Waals surface area contributed by atoms with Crippen LogP contribution in [0.2, 0.25) is 0 Å². The number of nitrogens with zero attached hydrogens (tertiary/aromatic N) is 1. The van der Waals surface area contributed by atoms with Gasteiger partial charge in [-0.05, 0) is 41.4 Å². The Morgan fingerprint density at radius 3 is 2.70 bits per heavy atom. The standard InChI is InChI=1S/C20H17NOS/c22-19-16-8-3-4-9-17(16)20(21(19)12-5-13-23-20)18-11-10-14-6-1-2-7-15(14)18/h1-4,6-9,11H,5,10,12-13H2. The molecule has 0 aromatic heterocycles. The van der Waals surface area contributed by atoms with Gasteiger partial charge in [0.2, 0.25) is 0 Å². The number of carbonyl (C=O) groups is 1. The predicted molar refractivity (Wildman–Crippen MR) is 94.4 cm³/mol. The second kappa shape index (κ2) is 4.75. The van der Waals surface area contributed by atoms with Gasteiger partial charge in [-0.1, -0.05) is 48.5 Å². The second-order valence-corrected chi connectivity index (χ2v) is 7.62. The molecule has 2 aromatic rings. The highest BCUT2D eigenvalue weighted by atomic mass is 32.2. The first-order valence-electron chi connectivity index (χ1n) is 8.17. The summed E-state index contributed by atoms with van der Waals surface area (Å²) >= 11 is 1.93. The molecule has 1 saturated heterocycles. The van der Waals surface area contributed by atoms with Crippen LogP contribution in [0.3, 0.4) is 0 Å². The van der Waals surface area contributed by atoms with Gasteiger partial charge in [-0.3, -0.25) is 4.79 Å². The van der Waals surface area contributed by atoms with Crippen LogP contribution in [0.5, 0.6) is 0 Å². The zero-order chi connectivity index (χ0) is 15.4. The number of amides is 1. The highest BCUT2D eigenvalue weighted by Gasteiger charge is 2.54. The SMILES string of the molecule is O=C1c2ccccc2C2(C3=CCc4ccccc43)SCCCN12. The Kier molecular flexibility index (Phi) is 2.77. The molecule has 0 spiro atoms. The van der Waals surface area contributed by atoms with Crippen LogP contribution in [0.1, 0.15) is 33.5 Å². The minimum atomic E-state index is -0.321. The number of hydrogen-bond donors (Lipinski definition) is 0. The van der Waals surface area contributed by atoms with E-state index in [1.54, 1.807) is 0 Å². The molecule has 5 rings (SSSR count). The van der Waals surface area contributed by atoms with Gasteiger partial charge in [0.05, 0.1) is 0 Å². The molecule has 114 valence electrons. The molecule has 2 nitrogen and oxygen atoms in total. The molecule has 1 atom stereocenters. The topological polar surface area (TPSA) is 20.3 Å². The summed E-state index contributed by atoms with van der Waals surface area (Å²) in [4.78, 5) is 14.8. The molecule has 23 heavy (non-hydrogen) atoms. The summed E-state index contributed by atoms with van der Waals surface area (Å²) < 4.78 is 0. The Bertz CT molecular complexity index is 856. The number of allylic oxidation sites excluding steroid dienone is 1. The summed E-state index contributed by atoms with van der Waals surface area (Å²) in [5, 5.41) is 0. The summed E-state index contributed by atoms with van der Waals surface area (Å²) in [5.41, 5.74) is 6.07. The molecule has 0 saturated carbocycles. The van der Waals surface area contributed by atoms with E-state index in [0.717, 1.165) is 30.7 Å². The monoisotopic (exact) mass is 319 g/mol. The molecule has 2 aromatic carbocycles. The van der Waals surface area contributed by atoms with E-state index in [4.69, 9.17) is 0 Å². The van der Waals surface area contributed by atoms with Crippen molar-refractivity contribution in [2.24, 2.45) is 0 Å². The minimum Gasteiger partial charge on any atom is -0.316 e. The van der Waals surface area contributed by atoms with Crippen LogP contribution in [-0.2, 0) is 11.3 Å². The summed E-state index contributed by atoms with van der Waals surface area (Å²) in [7, 11) is 0. The first-order chi connectivity index (χ1) is 11.3. The molecule has 3 heteroatoms. The van der Waals surface area contributed by atoms with Crippen LogP contribution >= 0.6 is 11.8 Å². The maximum atomic E-state index is 13.0. The Balaban J connectivity index is 1.78. The summed E-state index contributed by atoms with van der Waals surface area (Å²) in [6, 6.07) is 16.8. The lowest BCUT2D eigenvalue weighted by molar-refractivity contribution is 0.0729. The molecule has 2 heterocycles. The third-order valence-electron chi connectivity index (χ3n) is 5.18. The minimum absolute atomic E-state index is 0.193. The molecule has 0 N–H and O–H groups in total. The normalized spacial score (nSPS) is 25.0. The Morgan fingerprint density at radius 2 is 1.78 bits per heavy atom. The van der Waals surface area contributed by atoms with Crippen LogP contribution < -0.4 is 0 Å². The molecule has 0 radical (unpaired) electrons. The lowest BCUT2D eigenvalue weighted by Crippen LogP contribution is -2.45. The third kappa shape index (κ3) is 1.63. The van der Waals surface area contributed by atoms with E-state index in [0.29, 0.717) is 0 Å². The second-order valence-electron chi connectivity index (χ2n) is 6.33. The van der Waals surface area contributed by atoms with Crippen molar-refractivity contribution >= 4 is 23.2 Å². The number of hydrogen-bond acceptors (Lipinski definition) is 2. The number of thioether (sulfide) groups is 1. The zero-order valence-corrected chi connectivity index (χ0v) is 13.6. The maximum absolute atomic E-state index is 13.0. The highest BCUT2D eigenvalue weighted by molar-refractivity contribution is 8.00. The first kappa shape index (κ1) is 13.4. The van der Waals surface area contributed by atoms with E-state index in [-0.39, 0.29) is 10.8 Å². The molecule has 3 aliphatic rings.